The number of alkyl halides is 3. The number of hydrogen-bond donors (Lipinski definition) is 1. The molecule has 1 rings (SSSR count). The number of ether oxygens (including phenoxy) is 2. The van der Waals surface area contributed by atoms with E-state index in [1.807, 2.05) is 0 Å². The van der Waals surface area contributed by atoms with Gasteiger partial charge in [0.25, 0.3) is 0 Å². The van der Waals surface area contributed by atoms with Crippen LogP contribution >= 0.6 is 11.6 Å². The zero-order valence-corrected chi connectivity index (χ0v) is 12.1. The molecule has 0 radical (unpaired) electrons. The van der Waals surface area contributed by atoms with Gasteiger partial charge >= 0.3 is 6.61 Å². The van der Waals surface area contributed by atoms with Crippen LogP contribution in [0.3, 0.4) is 0 Å². The van der Waals surface area contributed by atoms with Crippen molar-refractivity contribution in [2.24, 2.45) is 5.41 Å². The predicted molar refractivity (Wildman–Crippen MR) is 72.8 cm³/mol. The number of amides is 1. The highest BCUT2D eigenvalue weighted by Gasteiger charge is 2.26. The van der Waals surface area contributed by atoms with Crippen molar-refractivity contribution in [3.05, 3.63) is 18.2 Å². The highest BCUT2D eigenvalue weighted by Crippen LogP contribution is 2.32. The van der Waals surface area contributed by atoms with Crippen molar-refractivity contribution in [2.75, 3.05) is 18.3 Å². The fourth-order valence-electron chi connectivity index (χ4n) is 1.30. The van der Waals surface area contributed by atoms with Crippen molar-refractivity contribution in [3.8, 4) is 11.5 Å². The number of halogens is 3. The van der Waals surface area contributed by atoms with E-state index in [-0.39, 0.29) is 23.3 Å². The lowest BCUT2D eigenvalue weighted by Gasteiger charge is -2.20. The van der Waals surface area contributed by atoms with Gasteiger partial charge in [0.05, 0.1) is 12.5 Å². The summed E-state index contributed by atoms with van der Waals surface area (Å²) in [6, 6.07) is 4.23. The van der Waals surface area contributed by atoms with Crippen LogP contribution < -0.4 is 14.8 Å². The molecule has 0 saturated carbocycles. The maximum absolute atomic E-state index is 12.3. The summed E-state index contributed by atoms with van der Waals surface area (Å²) in [5.41, 5.74) is -0.449. The summed E-state index contributed by atoms with van der Waals surface area (Å²) in [5.74, 6) is -0.181. The van der Waals surface area contributed by atoms with Gasteiger partial charge in [0.1, 0.15) is 0 Å². The molecule has 0 aliphatic heterocycles. The molecular formula is C13H16ClF2NO3. The lowest BCUT2D eigenvalue weighted by Crippen LogP contribution is -2.32. The molecule has 1 aromatic rings. The minimum Gasteiger partial charge on any atom is -0.493 e. The molecule has 4 nitrogen and oxygen atoms in total. The van der Waals surface area contributed by atoms with Gasteiger partial charge in [-0.05, 0) is 26.0 Å². The van der Waals surface area contributed by atoms with Crippen molar-refractivity contribution in [1.29, 1.82) is 0 Å². The van der Waals surface area contributed by atoms with Gasteiger partial charge in [-0.2, -0.15) is 8.78 Å². The standard InChI is InChI=1S/C13H16ClF2NO3/c1-13(2,7-14)11(18)17-8-4-5-9(19-3)10(6-8)20-12(15)16/h4-6,12H,7H2,1-3H3,(H,17,18). The highest BCUT2D eigenvalue weighted by molar-refractivity contribution is 6.20. The van der Waals surface area contributed by atoms with Crippen LogP contribution in [-0.4, -0.2) is 25.5 Å². The minimum absolute atomic E-state index is 0.134. The molecule has 0 aliphatic carbocycles. The van der Waals surface area contributed by atoms with Crippen LogP contribution in [0.15, 0.2) is 18.2 Å². The molecule has 0 heterocycles. The predicted octanol–water partition coefficient (Wildman–Crippen LogP) is 3.50. The van der Waals surface area contributed by atoms with E-state index in [0.29, 0.717) is 5.69 Å². The average Bonchev–Trinajstić information content (AvgIpc) is 2.38. The first-order valence-corrected chi connectivity index (χ1v) is 6.34. The number of rotatable bonds is 6. The van der Waals surface area contributed by atoms with Gasteiger partial charge in [0.15, 0.2) is 11.5 Å². The Bertz CT molecular complexity index is 481. The van der Waals surface area contributed by atoms with Crippen LogP contribution in [-0.2, 0) is 4.79 Å². The van der Waals surface area contributed by atoms with Crippen molar-refractivity contribution in [2.45, 2.75) is 20.5 Å². The van der Waals surface area contributed by atoms with Gasteiger partial charge < -0.3 is 14.8 Å². The molecule has 1 amide bonds. The summed E-state index contributed by atoms with van der Waals surface area (Å²) in [4.78, 5) is 11.9. The van der Waals surface area contributed by atoms with Crippen LogP contribution in [0.4, 0.5) is 14.5 Å². The Morgan fingerprint density at radius 1 is 1.40 bits per heavy atom. The molecule has 20 heavy (non-hydrogen) atoms. The molecule has 0 atom stereocenters. The molecule has 0 saturated heterocycles. The van der Waals surface area contributed by atoms with Crippen LogP contribution in [0.5, 0.6) is 11.5 Å². The van der Waals surface area contributed by atoms with Crippen molar-refractivity contribution < 1.29 is 23.0 Å². The Hall–Kier alpha value is -1.56. The van der Waals surface area contributed by atoms with E-state index in [4.69, 9.17) is 16.3 Å². The first-order valence-electron chi connectivity index (χ1n) is 5.80. The quantitative estimate of drug-likeness (QED) is 0.818. The Balaban J connectivity index is 2.95. The molecule has 1 N–H and O–H groups in total. The minimum atomic E-state index is -2.98. The van der Waals surface area contributed by atoms with Crippen LogP contribution in [0.25, 0.3) is 0 Å². The third kappa shape index (κ3) is 4.23. The number of carbonyl (C=O) groups excluding carboxylic acids is 1. The third-order valence-electron chi connectivity index (χ3n) is 2.59. The Labute approximate surface area is 121 Å². The fraction of sp³-hybridized carbons (Fsp3) is 0.462. The maximum atomic E-state index is 12.3. The van der Waals surface area contributed by atoms with Gasteiger partial charge in [-0.15, -0.1) is 11.6 Å². The molecule has 7 heteroatoms. The van der Waals surface area contributed by atoms with Gasteiger partial charge in [-0.1, -0.05) is 0 Å². The summed E-state index contributed by atoms with van der Waals surface area (Å²) in [6.45, 7) is 0.374. The second kappa shape index (κ2) is 6.74. The first kappa shape index (κ1) is 16.5. The zero-order chi connectivity index (χ0) is 15.3. The summed E-state index contributed by atoms with van der Waals surface area (Å²) < 4.78 is 33.8. The average molecular weight is 308 g/mol. The molecule has 0 unspecified atom stereocenters. The maximum Gasteiger partial charge on any atom is 0.387 e. The molecule has 0 fully saturated rings. The number of methoxy groups -OCH3 is 1. The van der Waals surface area contributed by atoms with Crippen LogP contribution in [0.2, 0.25) is 0 Å². The van der Waals surface area contributed by atoms with Crippen LogP contribution in [0.1, 0.15) is 13.8 Å². The van der Waals surface area contributed by atoms with E-state index in [1.165, 1.54) is 25.3 Å². The van der Waals surface area contributed by atoms with Crippen molar-refractivity contribution in [3.63, 3.8) is 0 Å². The Kier molecular flexibility index (Phi) is 5.56. The molecule has 0 aromatic heterocycles. The summed E-state index contributed by atoms with van der Waals surface area (Å²) in [5, 5.41) is 2.59. The lowest BCUT2D eigenvalue weighted by molar-refractivity contribution is -0.122. The molecule has 0 bridgehead atoms. The Morgan fingerprint density at radius 2 is 2.05 bits per heavy atom. The second-order valence-electron chi connectivity index (χ2n) is 4.72. The van der Waals surface area contributed by atoms with Gasteiger partial charge in [0, 0.05) is 17.6 Å². The lowest BCUT2D eigenvalue weighted by atomic mass is 9.95. The van der Waals surface area contributed by atoms with E-state index in [9.17, 15) is 13.6 Å². The van der Waals surface area contributed by atoms with Crippen molar-refractivity contribution in [1.82, 2.24) is 0 Å². The largest absolute Gasteiger partial charge is 0.493 e. The Morgan fingerprint density at radius 3 is 2.55 bits per heavy atom. The molecule has 112 valence electrons. The first-order chi connectivity index (χ1) is 9.30. The van der Waals surface area contributed by atoms with Gasteiger partial charge in [-0.25, -0.2) is 0 Å². The topological polar surface area (TPSA) is 47.6 Å². The summed E-state index contributed by atoms with van der Waals surface area (Å²) >= 11 is 5.70. The van der Waals surface area contributed by atoms with E-state index < -0.39 is 12.0 Å². The number of carbonyl (C=O) groups is 1. The molecule has 0 aliphatic rings. The summed E-state index contributed by atoms with van der Waals surface area (Å²) in [6.07, 6.45) is 0. The highest BCUT2D eigenvalue weighted by atomic mass is 35.5. The number of nitrogens with one attached hydrogen (secondary N) is 1. The molecule has 0 spiro atoms. The van der Waals surface area contributed by atoms with E-state index in [1.54, 1.807) is 13.8 Å². The number of hydrogen-bond acceptors (Lipinski definition) is 3. The monoisotopic (exact) mass is 307 g/mol. The number of benzene rings is 1. The van der Waals surface area contributed by atoms with E-state index in [0.717, 1.165) is 0 Å². The third-order valence-corrected chi connectivity index (χ3v) is 3.25. The smallest absolute Gasteiger partial charge is 0.387 e. The fourth-order valence-corrected chi connectivity index (χ4v) is 1.42. The normalized spacial score (nSPS) is 11.3. The summed E-state index contributed by atoms with van der Waals surface area (Å²) in [7, 11) is 1.34. The van der Waals surface area contributed by atoms with E-state index >= 15 is 0 Å². The second-order valence-corrected chi connectivity index (χ2v) is 4.98. The van der Waals surface area contributed by atoms with E-state index in [2.05, 4.69) is 10.1 Å². The molecule has 1 aromatic carbocycles. The van der Waals surface area contributed by atoms with Gasteiger partial charge in [-0.3, -0.25) is 4.79 Å². The SMILES string of the molecule is COc1ccc(NC(=O)C(C)(C)CCl)cc1OC(F)F. The van der Waals surface area contributed by atoms with Gasteiger partial charge in [0.2, 0.25) is 5.91 Å². The molecular weight excluding hydrogens is 292 g/mol. The number of anilines is 1. The van der Waals surface area contributed by atoms with Crippen LogP contribution in [0, 0.1) is 5.41 Å². The zero-order valence-electron chi connectivity index (χ0n) is 11.4. The van der Waals surface area contributed by atoms with Crippen molar-refractivity contribution >= 4 is 23.2 Å².